The molecule has 1 aromatic rings. The van der Waals surface area contributed by atoms with Crippen LogP contribution in [0, 0.1) is 0 Å². The van der Waals surface area contributed by atoms with Crippen LogP contribution in [0.2, 0.25) is 0 Å². The Labute approximate surface area is 113 Å². The summed E-state index contributed by atoms with van der Waals surface area (Å²) in [7, 11) is 0. The molecule has 1 aliphatic heterocycles. The van der Waals surface area contributed by atoms with Gasteiger partial charge < -0.3 is 10.2 Å². The number of amides is 1. The van der Waals surface area contributed by atoms with E-state index in [1.165, 1.54) is 30.0 Å². The predicted molar refractivity (Wildman–Crippen MR) is 72.0 cm³/mol. The summed E-state index contributed by atoms with van der Waals surface area (Å²) in [6, 6.07) is 4.05. The summed E-state index contributed by atoms with van der Waals surface area (Å²) in [5.41, 5.74) is 0.240. The van der Waals surface area contributed by atoms with Gasteiger partial charge in [0, 0.05) is 12.6 Å². The van der Waals surface area contributed by atoms with Crippen LogP contribution in [0.25, 0.3) is 0 Å². The molecule has 0 unspecified atom stereocenters. The van der Waals surface area contributed by atoms with Gasteiger partial charge in [-0.15, -0.1) is 0 Å². The standard InChI is InChI=1S/C12H12N2O4S/c1-2-14-10(16)6-19-12(14)13-7-3-4-8(11(17)18)9(15)5-7/h3-5,15H,2,6H2,1H3,(H,17,18). The zero-order chi connectivity index (χ0) is 14.0. The molecule has 6 nitrogen and oxygen atoms in total. The number of rotatable bonds is 3. The third-order valence-electron chi connectivity index (χ3n) is 2.61. The Hall–Kier alpha value is -2.02. The van der Waals surface area contributed by atoms with Crippen molar-refractivity contribution in [2.75, 3.05) is 12.3 Å². The second kappa shape index (κ2) is 5.31. The molecule has 19 heavy (non-hydrogen) atoms. The van der Waals surface area contributed by atoms with Crippen molar-refractivity contribution in [1.82, 2.24) is 4.90 Å². The van der Waals surface area contributed by atoms with Crippen LogP contribution in [0.4, 0.5) is 5.69 Å². The van der Waals surface area contributed by atoms with E-state index in [4.69, 9.17) is 5.11 Å². The molecule has 0 saturated carbocycles. The van der Waals surface area contributed by atoms with E-state index in [-0.39, 0.29) is 17.2 Å². The zero-order valence-corrected chi connectivity index (χ0v) is 11.0. The first-order valence-electron chi connectivity index (χ1n) is 5.61. The maximum atomic E-state index is 11.5. The molecule has 0 spiro atoms. The van der Waals surface area contributed by atoms with Crippen LogP contribution in [0.5, 0.6) is 5.75 Å². The van der Waals surface area contributed by atoms with E-state index in [9.17, 15) is 14.7 Å². The first-order chi connectivity index (χ1) is 9.02. The van der Waals surface area contributed by atoms with Crippen molar-refractivity contribution in [2.24, 2.45) is 4.99 Å². The molecule has 2 rings (SSSR count). The Morgan fingerprint density at radius 3 is 2.84 bits per heavy atom. The quantitative estimate of drug-likeness (QED) is 0.879. The number of phenols is 1. The van der Waals surface area contributed by atoms with Gasteiger partial charge in [0.25, 0.3) is 0 Å². The number of amidine groups is 1. The summed E-state index contributed by atoms with van der Waals surface area (Å²) in [4.78, 5) is 28.1. The van der Waals surface area contributed by atoms with Gasteiger partial charge in [0.1, 0.15) is 11.3 Å². The van der Waals surface area contributed by atoms with Crippen LogP contribution in [-0.2, 0) is 4.79 Å². The van der Waals surface area contributed by atoms with Crippen LogP contribution in [0.15, 0.2) is 23.2 Å². The highest BCUT2D eigenvalue weighted by Crippen LogP contribution is 2.27. The summed E-state index contributed by atoms with van der Waals surface area (Å²) in [5.74, 6) is -1.19. The van der Waals surface area contributed by atoms with Gasteiger partial charge >= 0.3 is 5.97 Å². The Balaban J connectivity index is 2.31. The monoisotopic (exact) mass is 280 g/mol. The van der Waals surface area contributed by atoms with Crippen molar-refractivity contribution in [1.29, 1.82) is 0 Å². The average molecular weight is 280 g/mol. The number of benzene rings is 1. The summed E-state index contributed by atoms with van der Waals surface area (Å²) in [6.45, 7) is 2.38. The summed E-state index contributed by atoms with van der Waals surface area (Å²) < 4.78 is 0. The zero-order valence-electron chi connectivity index (χ0n) is 10.2. The minimum Gasteiger partial charge on any atom is -0.507 e. The number of hydrogen-bond acceptors (Lipinski definition) is 5. The number of carboxylic acid groups (broad SMARTS) is 1. The van der Waals surface area contributed by atoms with Gasteiger partial charge in [0.15, 0.2) is 5.17 Å². The van der Waals surface area contributed by atoms with Crippen molar-refractivity contribution in [3.63, 3.8) is 0 Å². The van der Waals surface area contributed by atoms with Crippen molar-refractivity contribution >= 4 is 34.5 Å². The molecule has 7 heteroatoms. The van der Waals surface area contributed by atoms with Gasteiger partial charge in [0.2, 0.25) is 5.91 Å². The normalized spacial score (nSPS) is 17.2. The molecule has 1 saturated heterocycles. The molecule has 0 atom stereocenters. The van der Waals surface area contributed by atoms with Crippen LogP contribution < -0.4 is 0 Å². The van der Waals surface area contributed by atoms with Gasteiger partial charge in [-0.1, -0.05) is 11.8 Å². The molecule has 100 valence electrons. The molecular weight excluding hydrogens is 268 g/mol. The summed E-state index contributed by atoms with van der Waals surface area (Å²) in [6.07, 6.45) is 0. The SMILES string of the molecule is CCN1C(=O)CSC1=Nc1ccc(C(=O)O)c(O)c1. The van der Waals surface area contributed by atoms with Gasteiger partial charge in [-0.3, -0.25) is 9.69 Å². The topological polar surface area (TPSA) is 90.2 Å². The van der Waals surface area contributed by atoms with E-state index in [0.29, 0.717) is 23.2 Å². The number of thioether (sulfide) groups is 1. The Morgan fingerprint density at radius 1 is 1.53 bits per heavy atom. The van der Waals surface area contributed by atoms with Crippen molar-refractivity contribution in [2.45, 2.75) is 6.92 Å². The first-order valence-corrected chi connectivity index (χ1v) is 6.59. The van der Waals surface area contributed by atoms with E-state index in [1.54, 1.807) is 4.90 Å². The molecule has 1 heterocycles. The fourth-order valence-electron chi connectivity index (χ4n) is 1.67. The summed E-state index contributed by atoms with van der Waals surface area (Å²) >= 11 is 1.32. The molecule has 0 aliphatic carbocycles. The molecule has 1 aromatic carbocycles. The van der Waals surface area contributed by atoms with E-state index >= 15 is 0 Å². The third kappa shape index (κ3) is 2.70. The smallest absolute Gasteiger partial charge is 0.339 e. The number of hydrogen-bond donors (Lipinski definition) is 2. The highest BCUT2D eigenvalue weighted by molar-refractivity contribution is 8.15. The van der Waals surface area contributed by atoms with Gasteiger partial charge in [-0.2, -0.15) is 0 Å². The maximum absolute atomic E-state index is 11.5. The minimum atomic E-state index is -1.20. The molecule has 1 fully saturated rings. The van der Waals surface area contributed by atoms with Crippen LogP contribution in [0.1, 0.15) is 17.3 Å². The molecular formula is C12H12N2O4S. The van der Waals surface area contributed by atoms with Gasteiger partial charge in [-0.05, 0) is 19.1 Å². The second-order valence-corrected chi connectivity index (χ2v) is 4.77. The maximum Gasteiger partial charge on any atom is 0.339 e. The molecule has 1 aliphatic rings. The third-order valence-corrected chi connectivity index (χ3v) is 3.57. The predicted octanol–water partition coefficient (Wildman–Crippen LogP) is 1.67. The highest BCUT2D eigenvalue weighted by atomic mass is 32.2. The van der Waals surface area contributed by atoms with Crippen LogP contribution in [0.3, 0.4) is 0 Å². The summed E-state index contributed by atoms with van der Waals surface area (Å²) in [5, 5.41) is 18.9. The number of aliphatic imine (C=N–C) groups is 1. The second-order valence-electron chi connectivity index (χ2n) is 3.83. The number of aromatic hydroxyl groups is 1. The van der Waals surface area contributed by atoms with E-state index < -0.39 is 5.97 Å². The van der Waals surface area contributed by atoms with Gasteiger partial charge in [-0.25, -0.2) is 9.79 Å². The lowest BCUT2D eigenvalue weighted by molar-refractivity contribution is -0.123. The molecule has 1 amide bonds. The largest absolute Gasteiger partial charge is 0.507 e. The van der Waals surface area contributed by atoms with E-state index in [1.807, 2.05) is 6.92 Å². The Bertz CT molecular complexity index is 571. The molecule has 0 aromatic heterocycles. The minimum absolute atomic E-state index is 0.00220. The lowest BCUT2D eigenvalue weighted by atomic mass is 10.2. The van der Waals surface area contributed by atoms with E-state index in [0.717, 1.165) is 0 Å². The Kier molecular flexibility index (Phi) is 3.75. The number of aromatic carboxylic acids is 1. The van der Waals surface area contributed by atoms with Crippen molar-refractivity contribution in [3.8, 4) is 5.75 Å². The Morgan fingerprint density at radius 2 is 2.26 bits per heavy atom. The van der Waals surface area contributed by atoms with Gasteiger partial charge in [0.05, 0.1) is 11.4 Å². The lowest BCUT2D eigenvalue weighted by Crippen LogP contribution is -2.28. The highest BCUT2D eigenvalue weighted by Gasteiger charge is 2.26. The van der Waals surface area contributed by atoms with Crippen molar-refractivity contribution in [3.05, 3.63) is 23.8 Å². The first kappa shape index (κ1) is 13.4. The molecule has 0 radical (unpaired) electrons. The van der Waals surface area contributed by atoms with E-state index in [2.05, 4.69) is 4.99 Å². The number of carboxylic acids is 1. The number of nitrogens with zero attached hydrogens (tertiary/aromatic N) is 2. The fraction of sp³-hybridized carbons (Fsp3) is 0.250. The molecule has 0 bridgehead atoms. The number of carbonyl (C=O) groups excluding carboxylic acids is 1. The fourth-order valence-corrected chi connectivity index (χ4v) is 2.64. The van der Waals surface area contributed by atoms with Crippen LogP contribution >= 0.6 is 11.8 Å². The average Bonchev–Trinajstić information content (AvgIpc) is 2.69. The van der Waals surface area contributed by atoms with Crippen molar-refractivity contribution < 1.29 is 19.8 Å². The number of carbonyl (C=O) groups is 2. The molecule has 2 N–H and O–H groups in total. The lowest BCUT2D eigenvalue weighted by Gasteiger charge is -2.12. The van der Waals surface area contributed by atoms with Crippen LogP contribution in [-0.4, -0.2) is 44.5 Å².